The van der Waals surface area contributed by atoms with Crippen LogP contribution in [0.15, 0.2) is 64.9 Å². The van der Waals surface area contributed by atoms with Gasteiger partial charge in [0.05, 0.1) is 21.9 Å². The molecule has 35 heavy (non-hydrogen) atoms. The molecule has 0 unspecified atom stereocenters. The van der Waals surface area contributed by atoms with E-state index in [0.717, 1.165) is 37.1 Å². The van der Waals surface area contributed by atoms with E-state index in [0.29, 0.717) is 45.7 Å². The smallest absolute Gasteiger partial charge is 0.134 e. The lowest BCUT2D eigenvalue weighted by Crippen LogP contribution is -2.34. The predicted molar refractivity (Wildman–Crippen MR) is 138 cm³/mol. The van der Waals surface area contributed by atoms with Crippen molar-refractivity contribution in [3.8, 4) is 5.75 Å². The molecule has 0 amide bonds. The number of ether oxygens (including phenoxy) is 2. The van der Waals surface area contributed by atoms with E-state index in [4.69, 9.17) is 21.1 Å². The summed E-state index contributed by atoms with van der Waals surface area (Å²) in [5.74, 6) is 0.162. The van der Waals surface area contributed by atoms with Gasteiger partial charge in [0.25, 0.3) is 0 Å². The lowest BCUT2D eigenvalue weighted by atomic mass is 10.1. The zero-order chi connectivity index (χ0) is 24.6. The number of H-pyrrole nitrogens is 1. The molecule has 1 aliphatic heterocycles. The third-order valence-electron chi connectivity index (χ3n) is 5.68. The van der Waals surface area contributed by atoms with E-state index in [1.54, 1.807) is 30.5 Å². The summed E-state index contributed by atoms with van der Waals surface area (Å²) in [6.07, 6.45) is 6.34. The number of nitrogens with one attached hydrogen (secondary N) is 2. The molecule has 1 saturated heterocycles. The molecule has 1 fully saturated rings. The van der Waals surface area contributed by atoms with Crippen molar-refractivity contribution in [1.82, 2.24) is 20.5 Å². The molecular weight excluding hydrogens is 469 g/mol. The molecule has 9 heteroatoms. The number of aliphatic imine (C=N–C) groups is 1. The Morgan fingerprint density at radius 2 is 2.14 bits per heavy atom. The van der Waals surface area contributed by atoms with Gasteiger partial charge in [0.15, 0.2) is 0 Å². The molecule has 0 aliphatic carbocycles. The average Bonchev–Trinajstić information content (AvgIpc) is 3.28. The van der Waals surface area contributed by atoms with Crippen LogP contribution in [0, 0.1) is 0 Å². The fourth-order valence-electron chi connectivity index (χ4n) is 3.65. The Labute approximate surface area is 208 Å². The third kappa shape index (κ3) is 6.63. The first-order valence-corrected chi connectivity index (χ1v) is 11.7. The first kappa shape index (κ1) is 24.8. The van der Waals surface area contributed by atoms with E-state index in [9.17, 15) is 0 Å². The van der Waals surface area contributed by atoms with Crippen LogP contribution in [-0.4, -0.2) is 47.8 Å². The second-order valence-electron chi connectivity index (χ2n) is 8.17. The topological polar surface area (TPSA) is 84.4 Å². The van der Waals surface area contributed by atoms with Crippen LogP contribution in [0.2, 0.25) is 0 Å². The van der Waals surface area contributed by atoms with Gasteiger partial charge >= 0.3 is 0 Å². The fourth-order valence-corrected chi connectivity index (χ4v) is 3.77. The number of hydrogen-bond donors (Lipinski definition) is 2. The van der Waals surface area contributed by atoms with E-state index in [1.807, 2.05) is 6.07 Å². The van der Waals surface area contributed by atoms with E-state index in [1.165, 1.54) is 12.3 Å². The molecule has 0 saturated carbocycles. The molecule has 0 radical (unpaired) electrons. The molecule has 2 N–H and O–H groups in total. The van der Waals surface area contributed by atoms with Crippen LogP contribution >= 0.6 is 11.6 Å². The van der Waals surface area contributed by atoms with Crippen molar-refractivity contribution in [2.24, 2.45) is 4.99 Å². The largest absolute Gasteiger partial charge is 0.489 e. The number of fused-ring (bicyclic) bond motifs is 1. The minimum atomic E-state index is -0.416. The number of rotatable bonds is 10. The highest BCUT2D eigenvalue weighted by molar-refractivity contribution is 6.31. The van der Waals surface area contributed by atoms with Gasteiger partial charge in [0.1, 0.15) is 18.2 Å². The lowest BCUT2D eigenvalue weighted by molar-refractivity contribution is 0.0775. The molecule has 0 bridgehead atoms. The van der Waals surface area contributed by atoms with Gasteiger partial charge in [-0.2, -0.15) is 5.10 Å². The Morgan fingerprint density at radius 1 is 1.31 bits per heavy atom. The zero-order valence-corrected chi connectivity index (χ0v) is 20.0. The Bertz CT molecular complexity index is 1250. The van der Waals surface area contributed by atoms with Gasteiger partial charge < -0.3 is 14.8 Å². The van der Waals surface area contributed by atoms with Crippen molar-refractivity contribution in [3.05, 3.63) is 76.9 Å². The highest BCUT2D eigenvalue weighted by Gasteiger charge is 2.13. The van der Waals surface area contributed by atoms with Gasteiger partial charge in [-0.1, -0.05) is 18.2 Å². The van der Waals surface area contributed by atoms with Crippen LogP contribution in [0.5, 0.6) is 5.75 Å². The summed E-state index contributed by atoms with van der Waals surface area (Å²) in [5, 5.41) is 11.7. The highest BCUT2D eigenvalue weighted by atomic mass is 35.5. The van der Waals surface area contributed by atoms with E-state index in [2.05, 4.69) is 38.8 Å². The summed E-state index contributed by atoms with van der Waals surface area (Å²) in [4.78, 5) is 8.02. The maximum atomic E-state index is 15.0. The summed E-state index contributed by atoms with van der Waals surface area (Å²) < 4.78 is 26.2. The monoisotopic (exact) mass is 495 g/mol. The number of aromatic nitrogens is 3. The van der Waals surface area contributed by atoms with Crippen molar-refractivity contribution in [1.29, 1.82) is 0 Å². The van der Waals surface area contributed by atoms with Crippen LogP contribution in [-0.2, 0) is 11.3 Å². The molecule has 182 valence electrons. The zero-order valence-electron chi connectivity index (χ0n) is 19.3. The Hall–Kier alpha value is -3.33. The van der Waals surface area contributed by atoms with Gasteiger partial charge in [0.2, 0.25) is 0 Å². The first-order valence-electron chi connectivity index (χ1n) is 11.3. The van der Waals surface area contributed by atoms with Crippen LogP contribution in [0.25, 0.3) is 22.8 Å². The van der Waals surface area contributed by atoms with Crippen LogP contribution < -0.4 is 10.1 Å². The van der Waals surface area contributed by atoms with Crippen molar-refractivity contribution in [2.45, 2.75) is 25.4 Å². The maximum Gasteiger partial charge on any atom is 0.134 e. The van der Waals surface area contributed by atoms with Crippen molar-refractivity contribution >= 4 is 41.1 Å². The van der Waals surface area contributed by atoms with Crippen molar-refractivity contribution < 1.29 is 13.9 Å². The Balaban J connectivity index is 1.42. The summed E-state index contributed by atoms with van der Waals surface area (Å²) in [6, 6.07) is 9.36. The number of benzene rings is 1. The molecule has 0 atom stereocenters. The highest BCUT2D eigenvalue weighted by Crippen LogP contribution is 2.27. The molecule has 3 aromatic rings. The molecule has 1 aliphatic rings. The van der Waals surface area contributed by atoms with Crippen molar-refractivity contribution in [3.63, 3.8) is 0 Å². The standard InChI is InChI=1S/C26H27ClFN5O2/c1-17(23(27)15-29-2)16-35-21-5-6-25-22(11-21)26(33-32-25)12-24(28)18-3-4-20(30-13-18)14-31-19-7-9-34-10-8-19/h3-6,11-13,15,19,31H,1-2,7-10,14,16H2,(H,32,33)/b23-15+,24-12-. The molecule has 3 heterocycles. The number of halogens is 2. The van der Waals surface area contributed by atoms with Gasteiger partial charge in [-0.15, -0.1) is 0 Å². The van der Waals surface area contributed by atoms with Crippen LogP contribution in [0.1, 0.15) is 29.8 Å². The number of nitrogens with zero attached hydrogens (tertiary/aromatic N) is 3. The van der Waals surface area contributed by atoms with E-state index >= 15 is 4.39 Å². The predicted octanol–water partition coefficient (Wildman–Crippen LogP) is 5.41. The molecule has 7 nitrogen and oxygen atoms in total. The van der Waals surface area contributed by atoms with E-state index in [-0.39, 0.29) is 6.61 Å². The molecule has 2 aromatic heterocycles. The summed E-state index contributed by atoms with van der Waals surface area (Å²) in [7, 11) is 0. The normalized spacial score (nSPS) is 15.4. The van der Waals surface area contributed by atoms with Crippen LogP contribution in [0.4, 0.5) is 4.39 Å². The number of hydrogen-bond acceptors (Lipinski definition) is 6. The van der Waals surface area contributed by atoms with E-state index < -0.39 is 5.83 Å². The SMILES string of the molecule is C=N/C=C(/Cl)C(=C)COc1ccc2n[nH]c(/C=C(\F)c3ccc(CNC4CCOCC4)nc3)c2c1. The summed E-state index contributed by atoms with van der Waals surface area (Å²) in [6.45, 7) is 9.61. The second-order valence-corrected chi connectivity index (χ2v) is 8.57. The second kappa shape index (κ2) is 11.9. The van der Waals surface area contributed by atoms with Gasteiger partial charge in [-0.25, -0.2) is 4.39 Å². The third-order valence-corrected chi connectivity index (χ3v) is 6.04. The van der Waals surface area contributed by atoms with Gasteiger partial charge in [-0.05, 0) is 49.9 Å². The summed E-state index contributed by atoms with van der Waals surface area (Å²) in [5.41, 5.74) is 3.04. The Kier molecular flexibility index (Phi) is 8.41. The molecule has 1 aromatic carbocycles. The number of aromatic amines is 1. The average molecular weight is 496 g/mol. The van der Waals surface area contributed by atoms with Gasteiger partial charge in [0, 0.05) is 60.8 Å². The molecule has 0 spiro atoms. The fraction of sp³-hybridized carbons (Fsp3) is 0.269. The Morgan fingerprint density at radius 3 is 2.89 bits per heavy atom. The van der Waals surface area contributed by atoms with Gasteiger partial charge in [-0.3, -0.25) is 15.1 Å². The quantitative estimate of drug-likeness (QED) is 0.290. The first-order chi connectivity index (χ1) is 17.0. The van der Waals surface area contributed by atoms with Crippen molar-refractivity contribution in [2.75, 3.05) is 19.8 Å². The minimum Gasteiger partial charge on any atom is -0.489 e. The lowest BCUT2D eigenvalue weighted by Gasteiger charge is -2.23. The molecular formula is C26H27ClFN5O2. The maximum absolute atomic E-state index is 15.0. The minimum absolute atomic E-state index is 0.176. The summed E-state index contributed by atoms with van der Waals surface area (Å²) >= 11 is 6.05. The molecule has 4 rings (SSSR count). The van der Waals surface area contributed by atoms with Crippen LogP contribution in [0.3, 0.4) is 0 Å². The number of pyridine rings is 1.